The van der Waals surface area contributed by atoms with Crippen molar-refractivity contribution in [3.05, 3.63) is 72.8 Å². The third-order valence-corrected chi connectivity index (χ3v) is 4.40. The fraction of sp³-hybridized carbons (Fsp3) is 0.0455. The molecule has 0 unspecified atom stereocenters. The molecule has 4 rings (SSSR count). The first-order chi connectivity index (χ1) is 12.6. The number of hydrogen-bond donors (Lipinski definition) is 2. The molecule has 0 bridgehead atoms. The Balaban J connectivity index is 2.08. The first-order valence-electron chi connectivity index (χ1n) is 8.22. The number of hydrogen-bond acceptors (Lipinski definition) is 3. The van der Waals surface area contributed by atoms with Crippen LogP contribution in [0.1, 0.15) is 0 Å². The van der Waals surface area contributed by atoms with Gasteiger partial charge < -0.3 is 14.9 Å². The minimum atomic E-state index is -1.05. The van der Waals surface area contributed by atoms with Crippen molar-refractivity contribution in [3.63, 3.8) is 0 Å². The monoisotopic (exact) mass is 344 g/mol. The Hall–Kier alpha value is -3.53. The van der Waals surface area contributed by atoms with Gasteiger partial charge in [0.1, 0.15) is 11.5 Å². The van der Waals surface area contributed by atoms with Crippen molar-refractivity contribution in [3.8, 4) is 22.6 Å². The van der Waals surface area contributed by atoms with E-state index in [1.54, 1.807) is 12.1 Å². The molecule has 0 aliphatic heterocycles. The van der Waals surface area contributed by atoms with Crippen LogP contribution in [0, 0.1) is 0 Å². The van der Waals surface area contributed by atoms with E-state index in [4.69, 9.17) is 9.84 Å². The lowest BCUT2D eigenvalue weighted by atomic mass is 9.92. The second-order valence-corrected chi connectivity index (χ2v) is 6.02. The number of carboxylic acid groups (broad SMARTS) is 1. The number of aromatic hydroxyl groups is 1. The Labute approximate surface area is 149 Å². The number of ether oxygens (including phenoxy) is 1. The molecule has 0 aliphatic carbocycles. The molecule has 128 valence electrons. The van der Waals surface area contributed by atoms with Gasteiger partial charge in [-0.2, -0.15) is 0 Å². The molecule has 0 saturated carbocycles. The SMILES string of the molecule is O=C(O)COc1ccc2ccccc2c1-c1c(O)ccc2ccccc12. The topological polar surface area (TPSA) is 66.8 Å². The van der Waals surface area contributed by atoms with E-state index in [0.29, 0.717) is 16.9 Å². The van der Waals surface area contributed by atoms with E-state index in [9.17, 15) is 9.90 Å². The summed E-state index contributed by atoms with van der Waals surface area (Å²) in [5.74, 6) is -0.496. The summed E-state index contributed by atoms with van der Waals surface area (Å²) >= 11 is 0. The van der Waals surface area contributed by atoms with Gasteiger partial charge in [0.2, 0.25) is 0 Å². The maximum absolute atomic E-state index is 11.0. The van der Waals surface area contributed by atoms with Crippen LogP contribution in [0.3, 0.4) is 0 Å². The third kappa shape index (κ3) is 2.71. The number of phenolic OH excluding ortho intramolecular Hbond substituents is 1. The summed E-state index contributed by atoms with van der Waals surface area (Å²) in [5.41, 5.74) is 1.33. The highest BCUT2D eigenvalue weighted by Crippen LogP contribution is 2.44. The molecule has 0 aromatic heterocycles. The molecule has 0 saturated heterocycles. The lowest BCUT2D eigenvalue weighted by Crippen LogP contribution is -2.10. The van der Waals surface area contributed by atoms with E-state index in [1.807, 2.05) is 60.7 Å². The van der Waals surface area contributed by atoms with Gasteiger partial charge in [0.15, 0.2) is 6.61 Å². The van der Waals surface area contributed by atoms with E-state index >= 15 is 0 Å². The van der Waals surface area contributed by atoms with Crippen LogP contribution in [0.25, 0.3) is 32.7 Å². The highest BCUT2D eigenvalue weighted by molar-refractivity contribution is 6.09. The average molecular weight is 344 g/mol. The van der Waals surface area contributed by atoms with Crippen LogP contribution in [0.2, 0.25) is 0 Å². The first-order valence-corrected chi connectivity index (χ1v) is 8.22. The van der Waals surface area contributed by atoms with Gasteiger partial charge in [-0.25, -0.2) is 4.79 Å². The summed E-state index contributed by atoms with van der Waals surface area (Å²) in [6.45, 7) is -0.448. The van der Waals surface area contributed by atoms with E-state index in [-0.39, 0.29) is 5.75 Å². The molecule has 4 aromatic carbocycles. The number of fused-ring (bicyclic) bond motifs is 2. The van der Waals surface area contributed by atoms with Gasteiger partial charge in [-0.3, -0.25) is 0 Å². The fourth-order valence-electron chi connectivity index (χ4n) is 3.29. The highest BCUT2D eigenvalue weighted by Gasteiger charge is 2.18. The van der Waals surface area contributed by atoms with E-state index in [2.05, 4.69) is 0 Å². The lowest BCUT2D eigenvalue weighted by molar-refractivity contribution is -0.139. The number of rotatable bonds is 4. The van der Waals surface area contributed by atoms with Gasteiger partial charge in [0.05, 0.1) is 0 Å². The quantitative estimate of drug-likeness (QED) is 0.556. The molecular weight excluding hydrogens is 328 g/mol. The van der Waals surface area contributed by atoms with Crippen LogP contribution in [-0.2, 0) is 4.79 Å². The second kappa shape index (κ2) is 6.41. The molecule has 2 N–H and O–H groups in total. The zero-order valence-corrected chi connectivity index (χ0v) is 13.8. The van der Waals surface area contributed by atoms with Crippen molar-refractivity contribution >= 4 is 27.5 Å². The Morgan fingerprint density at radius 1 is 0.769 bits per heavy atom. The number of phenols is 1. The number of carbonyl (C=O) groups is 1. The molecule has 4 heteroatoms. The lowest BCUT2D eigenvalue weighted by Gasteiger charge is -2.16. The molecule has 0 spiro atoms. The van der Waals surface area contributed by atoms with E-state index in [1.165, 1.54) is 0 Å². The Bertz CT molecular complexity index is 1130. The Morgan fingerprint density at radius 3 is 2.00 bits per heavy atom. The molecule has 0 heterocycles. The summed E-state index contributed by atoms with van der Waals surface area (Å²) in [5, 5.41) is 23.4. The standard InChI is InChI=1S/C22H16O4/c23-18-11-9-14-5-1-3-7-16(14)21(18)22-17-8-4-2-6-15(17)10-12-19(22)26-13-20(24)25/h1-12,23H,13H2,(H,24,25). The molecule has 0 fully saturated rings. The van der Waals surface area contributed by atoms with Gasteiger partial charge in [0, 0.05) is 11.1 Å². The van der Waals surface area contributed by atoms with Crippen LogP contribution >= 0.6 is 0 Å². The maximum Gasteiger partial charge on any atom is 0.341 e. The fourth-order valence-corrected chi connectivity index (χ4v) is 3.29. The number of carboxylic acids is 1. The normalized spacial score (nSPS) is 10.9. The molecule has 0 amide bonds. The summed E-state index contributed by atoms with van der Waals surface area (Å²) in [6.07, 6.45) is 0. The zero-order valence-electron chi connectivity index (χ0n) is 13.8. The first kappa shape index (κ1) is 16.0. The van der Waals surface area contributed by atoms with Crippen molar-refractivity contribution in [2.75, 3.05) is 6.61 Å². The molecular formula is C22H16O4. The van der Waals surface area contributed by atoms with Crippen molar-refractivity contribution in [2.45, 2.75) is 0 Å². The van der Waals surface area contributed by atoms with E-state index < -0.39 is 12.6 Å². The van der Waals surface area contributed by atoms with Gasteiger partial charge in [-0.1, -0.05) is 60.7 Å². The molecule has 4 aromatic rings. The van der Waals surface area contributed by atoms with Crippen LogP contribution in [0.4, 0.5) is 0 Å². The van der Waals surface area contributed by atoms with Crippen LogP contribution in [0.15, 0.2) is 72.8 Å². The molecule has 0 aliphatic rings. The minimum Gasteiger partial charge on any atom is -0.507 e. The van der Waals surface area contributed by atoms with Gasteiger partial charge in [0.25, 0.3) is 0 Å². The second-order valence-electron chi connectivity index (χ2n) is 6.02. The average Bonchev–Trinajstić information content (AvgIpc) is 2.66. The minimum absolute atomic E-state index is 0.125. The predicted molar refractivity (Wildman–Crippen MR) is 102 cm³/mol. The van der Waals surface area contributed by atoms with Crippen molar-refractivity contribution in [1.82, 2.24) is 0 Å². The largest absolute Gasteiger partial charge is 0.507 e. The summed E-state index contributed by atoms with van der Waals surface area (Å²) in [7, 11) is 0. The molecule has 0 radical (unpaired) electrons. The van der Waals surface area contributed by atoms with Crippen molar-refractivity contribution < 1.29 is 19.7 Å². The van der Waals surface area contributed by atoms with Crippen LogP contribution < -0.4 is 4.74 Å². The predicted octanol–water partition coefficient (Wildman–Crippen LogP) is 4.83. The third-order valence-electron chi connectivity index (χ3n) is 4.40. The molecule has 26 heavy (non-hydrogen) atoms. The van der Waals surface area contributed by atoms with Crippen LogP contribution in [-0.4, -0.2) is 22.8 Å². The van der Waals surface area contributed by atoms with Gasteiger partial charge >= 0.3 is 5.97 Å². The number of aliphatic carboxylic acids is 1. The Morgan fingerprint density at radius 2 is 1.35 bits per heavy atom. The summed E-state index contributed by atoms with van der Waals surface area (Å²) in [4.78, 5) is 11.0. The maximum atomic E-state index is 11.0. The summed E-state index contributed by atoms with van der Waals surface area (Å²) in [6, 6.07) is 22.7. The highest BCUT2D eigenvalue weighted by atomic mass is 16.5. The molecule has 4 nitrogen and oxygen atoms in total. The van der Waals surface area contributed by atoms with Gasteiger partial charge in [-0.15, -0.1) is 0 Å². The number of benzene rings is 4. The van der Waals surface area contributed by atoms with Crippen molar-refractivity contribution in [1.29, 1.82) is 0 Å². The summed E-state index contributed by atoms with van der Waals surface area (Å²) < 4.78 is 5.55. The van der Waals surface area contributed by atoms with Crippen LogP contribution in [0.5, 0.6) is 11.5 Å². The Kier molecular flexibility index (Phi) is 3.93. The smallest absolute Gasteiger partial charge is 0.341 e. The van der Waals surface area contributed by atoms with E-state index in [0.717, 1.165) is 21.5 Å². The molecule has 0 atom stereocenters. The van der Waals surface area contributed by atoms with Crippen molar-refractivity contribution in [2.24, 2.45) is 0 Å². The van der Waals surface area contributed by atoms with Gasteiger partial charge in [-0.05, 0) is 33.7 Å². The zero-order chi connectivity index (χ0) is 18.1.